The number of fused-ring (bicyclic) bond motifs is 3. The van der Waals surface area contributed by atoms with E-state index in [2.05, 4.69) is 6.92 Å². The molecule has 0 aliphatic heterocycles. The fourth-order valence-electron chi connectivity index (χ4n) is 4.13. The molecule has 30 heavy (non-hydrogen) atoms. The molecule has 0 radical (unpaired) electrons. The maximum absolute atomic E-state index is 13.6. The Bertz CT molecular complexity index is 1160. The molecule has 1 atom stereocenters. The lowest BCUT2D eigenvalue weighted by molar-refractivity contribution is 0.0600. The number of benzene rings is 1. The van der Waals surface area contributed by atoms with Gasteiger partial charge >= 0.3 is 5.97 Å². The SMILES string of the molecule is COC(=O)c1cccc(Cn2c(CN(C)C)nc3sc4c(c3c2=O)CCC(C)C4)c1. The summed E-state index contributed by atoms with van der Waals surface area (Å²) in [5.74, 6) is 1.01. The van der Waals surface area contributed by atoms with Gasteiger partial charge in [0, 0.05) is 4.88 Å². The molecule has 2 aromatic heterocycles. The number of hydrogen-bond donors (Lipinski definition) is 0. The third kappa shape index (κ3) is 3.91. The summed E-state index contributed by atoms with van der Waals surface area (Å²) in [6.45, 7) is 3.21. The number of carbonyl (C=O) groups is 1. The lowest BCUT2D eigenvalue weighted by Gasteiger charge is -2.18. The van der Waals surface area contributed by atoms with Crippen molar-refractivity contribution in [3.05, 3.63) is 62.0 Å². The van der Waals surface area contributed by atoms with Crippen molar-refractivity contribution in [3.63, 3.8) is 0 Å². The minimum atomic E-state index is -0.382. The Morgan fingerprint density at radius 1 is 1.37 bits per heavy atom. The largest absolute Gasteiger partial charge is 0.465 e. The highest BCUT2D eigenvalue weighted by atomic mass is 32.1. The quantitative estimate of drug-likeness (QED) is 0.586. The van der Waals surface area contributed by atoms with Gasteiger partial charge in [-0.3, -0.25) is 9.36 Å². The maximum atomic E-state index is 13.6. The molecule has 4 rings (SSSR count). The molecule has 6 nitrogen and oxygen atoms in total. The molecule has 7 heteroatoms. The van der Waals surface area contributed by atoms with E-state index in [9.17, 15) is 9.59 Å². The zero-order chi connectivity index (χ0) is 21.4. The highest BCUT2D eigenvalue weighted by Crippen LogP contribution is 2.36. The Balaban J connectivity index is 1.84. The predicted molar refractivity (Wildman–Crippen MR) is 119 cm³/mol. The van der Waals surface area contributed by atoms with E-state index in [0.717, 1.165) is 40.9 Å². The average molecular weight is 426 g/mol. The van der Waals surface area contributed by atoms with Gasteiger partial charge in [0.15, 0.2) is 0 Å². The van der Waals surface area contributed by atoms with Crippen LogP contribution in [-0.4, -0.2) is 41.6 Å². The standard InChI is InChI=1S/C23H27N3O3S/c1-14-8-9-17-18(10-14)30-21-20(17)22(27)26(19(24-21)13-25(2)3)12-15-6-5-7-16(11-15)23(28)29-4/h5-7,11,14H,8-10,12-13H2,1-4H3. The highest BCUT2D eigenvalue weighted by Gasteiger charge is 2.24. The normalized spacial score (nSPS) is 16.1. The van der Waals surface area contributed by atoms with Crippen molar-refractivity contribution >= 4 is 27.5 Å². The molecule has 1 aliphatic rings. The van der Waals surface area contributed by atoms with E-state index in [1.54, 1.807) is 28.0 Å². The van der Waals surface area contributed by atoms with Crippen molar-refractivity contribution in [1.82, 2.24) is 14.5 Å². The third-order valence-electron chi connectivity index (χ3n) is 5.64. The van der Waals surface area contributed by atoms with E-state index in [-0.39, 0.29) is 11.5 Å². The zero-order valence-electron chi connectivity index (χ0n) is 17.9. The third-order valence-corrected chi connectivity index (χ3v) is 6.79. The number of nitrogens with zero attached hydrogens (tertiary/aromatic N) is 3. The molecule has 0 saturated carbocycles. The molecule has 0 saturated heterocycles. The van der Waals surface area contributed by atoms with Crippen LogP contribution in [0.2, 0.25) is 0 Å². The van der Waals surface area contributed by atoms with Gasteiger partial charge in [0.2, 0.25) is 0 Å². The summed E-state index contributed by atoms with van der Waals surface area (Å²) >= 11 is 1.68. The highest BCUT2D eigenvalue weighted by molar-refractivity contribution is 7.18. The van der Waals surface area contributed by atoms with Crippen molar-refractivity contribution in [1.29, 1.82) is 0 Å². The van der Waals surface area contributed by atoms with E-state index in [1.165, 1.54) is 17.6 Å². The van der Waals surface area contributed by atoms with Crippen LogP contribution in [0.15, 0.2) is 29.1 Å². The first kappa shape index (κ1) is 20.8. The monoisotopic (exact) mass is 425 g/mol. The van der Waals surface area contributed by atoms with E-state index in [0.29, 0.717) is 24.6 Å². The molecule has 0 amide bonds. The minimum Gasteiger partial charge on any atom is -0.465 e. The lowest BCUT2D eigenvalue weighted by Crippen LogP contribution is -2.29. The fraction of sp³-hybridized carbons (Fsp3) is 0.435. The van der Waals surface area contributed by atoms with Crippen LogP contribution in [0.4, 0.5) is 0 Å². The minimum absolute atomic E-state index is 0.0207. The first-order valence-electron chi connectivity index (χ1n) is 10.2. The van der Waals surface area contributed by atoms with E-state index in [4.69, 9.17) is 9.72 Å². The number of rotatable bonds is 5. The second-order valence-electron chi connectivity index (χ2n) is 8.38. The first-order chi connectivity index (χ1) is 14.4. The summed E-state index contributed by atoms with van der Waals surface area (Å²) in [4.78, 5) is 34.7. The number of hydrogen-bond acceptors (Lipinski definition) is 6. The zero-order valence-corrected chi connectivity index (χ0v) is 18.7. The van der Waals surface area contributed by atoms with Gasteiger partial charge < -0.3 is 9.64 Å². The van der Waals surface area contributed by atoms with Gasteiger partial charge in [-0.2, -0.15) is 0 Å². The number of carbonyl (C=O) groups excluding carboxylic acids is 1. The van der Waals surface area contributed by atoms with Crippen LogP contribution in [0.5, 0.6) is 0 Å². The van der Waals surface area contributed by atoms with Crippen molar-refractivity contribution in [2.45, 2.75) is 39.3 Å². The number of ether oxygens (including phenoxy) is 1. The van der Waals surface area contributed by atoms with Crippen LogP contribution in [0.3, 0.4) is 0 Å². The van der Waals surface area contributed by atoms with Crippen LogP contribution in [0, 0.1) is 5.92 Å². The van der Waals surface area contributed by atoms with Crippen LogP contribution in [-0.2, 0) is 30.7 Å². The van der Waals surface area contributed by atoms with Gasteiger partial charge in [-0.1, -0.05) is 19.1 Å². The summed E-state index contributed by atoms with van der Waals surface area (Å²) in [7, 11) is 5.31. The summed E-state index contributed by atoms with van der Waals surface area (Å²) in [5.41, 5.74) is 2.57. The number of esters is 1. The van der Waals surface area contributed by atoms with Gasteiger partial charge in [0.25, 0.3) is 5.56 Å². The topological polar surface area (TPSA) is 64.4 Å². The molecule has 0 bridgehead atoms. The molecule has 1 aliphatic carbocycles. The van der Waals surface area contributed by atoms with E-state index >= 15 is 0 Å². The Hall–Kier alpha value is -2.51. The lowest BCUT2D eigenvalue weighted by atomic mass is 9.89. The Morgan fingerprint density at radius 2 is 2.17 bits per heavy atom. The second kappa shape index (κ2) is 8.32. The fourth-order valence-corrected chi connectivity index (χ4v) is 5.52. The maximum Gasteiger partial charge on any atom is 0.337 e. The number of aromatic nitrogens is 2. The van der Waals surface area contributed by atoms with Crippen LogP contribution in [0.25, 0.3) is 10.2 Å². The molecule has 1 aromatic carbocycles. The summed E-state index contributed by atoms with van der Waals surface area (Å²) in [5, 5.41) is 0.786. The molecule has 3 aromatic rings. The molecular weight excluding hydrogens is 398 g/mol. The van der Waals surface area contributed by atoms with Crippen molar-refractivity contribution in [2.24, 2.45) is 5.92 Å². The number of methoxy groups -OCH3 is 1. The van der Waals surface area contributed by atoms with Gasteiger partial charge in [-0.25, -0.2) is 9.78 Å². The average Bonchev–Trinajstić information content (AvgIpc) is 3.07. The molecule has 158 valence electrons. The molecule has 2 heterocycles. The Kier molecular flexibility index (Phi) is 5.75. The Morgan fingerprint density at radius 3 is 2.90 bits per heavy atom. The second-order valence-corrected chi connectivity index (χ2v) is 9.46. The number of thiophene rings is 1. The van der Waals surface area contributed by atoms with Crippen molar-refractivity contribution in [2.75, 3.05) is 21.2 Å². The summed E-state index contributed by atoms with van der Waals surface area (Å²) in [6.07, 6.45) is 3.08. The predicted octanol–water partition coefficient (Wildman–Crippen LogP) is 3.48. The van der Waals surface area contributed by atoms with E-state index in [1.807, 2.05) is 31.1 Å². The number of aryl methyl sites for hydroxylation is 1. The van der Waals surface area contributed by atoms with Gasteiger partial charge in [0.05, 0.1) is 31.1 Å². The van der Waals surface area contributed by atoms with Crippen LogP contribution >= 0.6 is 11.3 Å². The van der Waals surface area contributed by atoms with Crippen LogP contribution < -0.4 is 5.56 Å². The summed E-state index contributed by atoms with van der Waals surface area (Å²) in [6, 6.07) is 7.24. The van der Waals surface area contributed by atoms with E-state index < -0.39 is 0 Å². The van der Waals surface area contributed by atoms with Gasteiger partial charge in [-0.15, -0.1) is 11.3 Å². The first-order valence-corrected chi connectivity index (χ1v) is 11.0. The van der Waals surface area contributed by atoms with Gasteiger partial charge in [-0.05, 0) is 62.5 Å². The molecule has 1 unspecified atom stereocenters. The van der Waals surface area contributed by atoms with Crippen molar-refractivity contribution in [3.8, 4) is 0 Å². The molecular formula is C23H27N3O3S. The Labute approximate surface area is 180 Å². The van der Waals surface area contributed by atoms with Crippen LogP contribution in [0.1, 0.15) is 45.5 Å². The summed E-state index contributed by atoms with van der Waals surface area (Å²) < 4.78 is 6.60. The van der Waals surface area contributed by atoms with Crippen molar-refractivity contribution < 1.29 is 9.53 Å². The molecule has 0 N–H and O–H groups in total. The van der Waals surface area contributed by atoms with Gasteiger partial charge in [0.1, 0.15) is 10.7 Å². The molecule has 0 fully saturated rings. The molecule has 0 spiro atoms. The smallest absolute Gasteiger partial charge is 0.337 e.